The van der Waals surface area contributed by atoms with Crippen LogP contribution in [0.4, 0.5) is 0 Å². The first-order valence-electron chi connectivity index (χ1n) is 7.71. The summed E-state index contributed by atoms with van der Waals surface area (Å²) in [6.45, 7) is 1.66. The predicted octanol–water partition coefficient (Wildman–Crippen LogP) is 4.15. The smallest absolute Gasteiger partial charge is 0.178 e. The topological polar surface area (TPSA) is 59.2 Å². The standard InChI is InChI=1S/C19H19NO3S/c1-3-24(21,22)19-13-16(17-10-7-11-20-17)18(23-2)12-15(19)14-8-5-4-6-9-14/h4-13,20H,3H2,1-2H3. The van der Waals surface area contributed by atoms with Crippen LogP contribution in [0.3, 0.4) is 0 Å². The molecule has 3 aromatic rings. The Morgan fingerprint density at radius 1 is 1.00 bits per heavy atom. The average molecular weight is 341 g/mol. The zero-order chi connectivity index (χ0) is 17.2. The number of rotatable bonds is 5. The number of hydrogen-bond donors (Lipinski definition) is 1. The summed E-state index contributed by atoms with van der Waals surface area (Å²) < 4.78 is 30.8. The van der Waals surface area contributed by atoms with Crippen LogP contribution in [-0.2, 0) is 9.84 Å². The largest absolute Gasteiger partial charge is 0.496 e. The second-order valence-corrected chi connectivity index (χ2v) is 7.65. The van der Waals surface area contributed by atoms with E-state index >= 15 is 0 Å². The minimum Gasteiger partial charge on any atom is -0.496 e. The molecule has 4 nitrogen and oxygen atoms in total. The molecule has 24 heavy (non-hydrogen) atoms. The van der Waals surface area contributed by atoms with Crippen LogP contribution in [0.1, 0.15) is 6.92 Å². The Labute approximate surface area is 142 Å². The van der Waals surface area contributed by atoms with Gasteiger partial charge in [0.25, 0.3) is 0 Å². The molecule has 0 saturated heterocycles. The van der Waals surface area contributed by atoms with E-state index in [0.29, 0.717) is 16.2 Å². The van der Waals surface area contributed by atoms with Gasteiger partial charge in [-0.1, -0.05) is 37.3 Å². The average Bonchev–Trinajstić information content (AvgIpc) is 3.15. The Morgan fingerprint density at radius 2 is 1.75 bits per heavy atom. The molecule has 1 aromatic heterocycles. The van der Waals surface area contributed by atoms with Gasteiger partial charge in [-0.3, -0.25) is 0 Å². The van der Waals surface area contributed by atoms with Crippen molar-refractivity contribution in [2.75, 3.05) is 12.9 Å². The lowest BCUT2D eigenvalue weighted by atomic mass is 10.0. The molecular formula is C19H19NO3S. The summed E-state index contributed by atoms with van der Waals surface area (Å²) in [6.07, 6.45) is 1.80. The van der Waals surface area contributed by atoms with E-state index in [0.717, 1.165) is 16.8 Å². The number of hydrogen-bond acceptors (Lipinski definition) is 3. The molecule has 0 unspecified atom stereocenters. The summed E-state index contributed by atoms with van der Waals surface area (Å²) in [5.41, 5.74) is 3.05. The van der Waals surface area contributed by atoms with Crippen LogP contribution in [-0.4, -0.2) is 26.3 Å². The van der Waals surface area contributed by atoms with E-state index in [4.69, 9.17) is 4.74 Å². The van der Waals surface area contributed by atoms with Crippen LogP contribution in [0.25, 0.3) is 22.4 Å². The first-order valence-corrected chi connectivity index (χ1v) is 9.36. The van der Waals surface area contributed by atoms with E-state index in [1.165, 1.54) is 0 Å². The van der Waals surface area contributed by atoms with Gasteiger partial charge >= 0.3 is 0 Å². The maximum absolute atomic E-state index is 12.7. The van der Waals surface area contributed by atoms with E-state index in [-0.39, 0.29) is 5.75 Å². The Balaban J connectivity index is 2.33. The molecule has 0 aliphatic heterocycles. The van der Waals surface area contributed by atoms with Gasteiger partial charge in [-0.25, -0.2) is 8.42 Å². The van der Waals surface area contributed by atoms with Gasteiger partial charge < -0.3 is 9.72 Å². The maximum atomic E-state index is 12.7. The molecule has 0 radical (unpaired) electrons. The number of nitrogens with one attached hydrogen (secondary N) is 1. The minimum atomic E-state index is -3.38. The molecule has 5 heteroatoms. The number of aromatic nitrogens is 1. The fourth-order valence-corrected chi connectivity index (χ4v) is 3.81. The molecule has 0 spiro atoms. The summed E-state index contributed by atoms with van der Waals surface area (Å²) in [6, 6.07) is 16.7. The summed E-state index contributed by atoms with van der Waals surface area (Å²) in [7, 11) is -1.80. The van der Waals surface area contributed by atoms with Crippen molar-refractivity contribution >= 4 is 9.84 Å². The molecule has 124 valence electrons. The molecule has 3 rings (SSSR count). The van der Waals surface area contributed by atoms with Crippen molar-refractivity contribution in [1.29, 1.82) is 0 Å². The van der Waals surface area contributed by atoms with E-state index < -0.39 is 9.84 Å². The normalized spacial score (nSPS) is 11.4. The third kappa shape index (κ3) is 2.95. The number of sulfone groups is 1. The molecule has 0 aliphatic carbocycles. The monoisotopic (exact) mass is 341 g/mol. The number of benzene rings is 2. The van der Waals surface area contributed by atoms with Crippen molar-refractivity contribution in [1.82, 2.24) is 4.98 Å². The summed E-state index contributed by atoms with van der Waals surface area (Å²) >= 11 is 0. The van der Waals surface area contributed by atoms with Crippen LogP contribution >= 0.6 is 0 Å². The van der Waals surface area contributed by atoms with Crippen molar-refractivity contribution in [2.45, 2.75) is 11.8 Å². The van der Waals surface area contributed by atoms with Crippen LogP contribution in [0.5, 0.6) is 5.75 Å². The van der Waals surface area contributed by atoms with Gasteiger partial charge in [-0.15, -0.1) is 0 Å². The van der Waals surface area contributed by atoms with Crippen LogP contribution in [0.2, 0.25) is 0 Å². The zero-order valence-corrected chi connectivity index (χ0v) is 14.4. The fraction of sp³-hybridized carbons (Fsp3) is 0.158. The first kappa shape index (κ1) is 16.3. The van der Waals surface area contributed by atoms with Gasteiger partial charge in [0.1, 0.15) is 5.75 Å². The molecule has 0 atom stereocenters. The fourth-order valence-electron chi connectivity index (χ4n) is 2.69. The van der Waals surface area contributed by atoms with Gasteiger partial charge in [-0.05, 0) is 29.8 Å². The lowest BCUT2D eigenvalue weighted by Crippen LogP contribution is -2.07. The molecule has 0 bridgehead atoms. The molecule has 0 saturated carbocycles. The number of ether oxygens (including phenoxy) is 1. The van der Waals surface area contributed by atoms with Gasteiger partial charge in [-0.2, -0.15) is 0 Å². The van der Waals surface area contributed by atoms with E-state index in [1.54, 1.807) is 32.4 Å². The highest BCUT2D eigenvalue weighted by Gasteiger charge is 2.22. The van der Waals surface area contributed by atoms with Crippen LogP contribution in [0.15, 0.2) is 65.7 Å². The first-order chi connectivity index (χ1) is 11.6. The predicted molar refractivity (Wildman–Crippen MR) is 95.9 cm³/mol. The van der Waals surface area contributed by atoms with Crippen molar-refractivity contribution in [3.05, 3.63) is 60.8 Å². The second kappa shape index (κ2) is 6.53. The maximum Gasteiger partial charge on any atom is 0.178 e. The number of aromatic amines is 1. The van der Waals surface area contributed by atoms with Crippen molar-refractivity contribution in [2.24, 2.45) is 0 Å². The van der Waals surface area contributed by atoms with Crippen LogP contribution in [0, 0.1) is 0 Å². The summed E-state index contributed by atoms with van der Waals surface area (Å²) in [4.78, 5) is 3.43. The summed E-state index contributed by atoms with van der Waals surface area (Å²) in [5, 5.41) is 0. The quantitative estimate of drug-likeness (QED) is 0.758. The van der Waals surface area contributed by atoms with Crippen molar-refractivity contribution < 1.29 is 13.2 Å². The number of methoxy groups -OCH3 is 1. The van der Waals surface area contributed by atoms with Gasteiger partial charge in [0.15, 0.2) is 9.84 Å². The molecule has 1 heterocycles. The van der Waals surface area contributed by atoms with Crippen molar-refractivity contribution in [3.63, 3.8) is 0 Å². The third-order valence-electron chi connectivity index (χ3n) is 3.99. The Morgan fingerprint density at radius 3 is 2.33 bits per heavy atom. The highest BCUT2D eigenvalue weighted by Crippen LogP contribution is 2.38. The minimum absolute atomic E-state index is 0.0450. The molecule has 0 fully saturated rings. The van der Waals surface area contributed by atoms with Gasteiger partial charge in [0.2, 0.25) is 0 Å². The van der Waals surface area contributed by atoms with E-state index in [1.807, 2.05) is 42.5 Å². The molecule has 0 amide bonds. The second-order valence-electron chi connectivity index (χ2n) is 5.40. The van der Waals surface area contributed by atoms with Crippen LogP contribution < -0.4 is 4.74 Å². The van der Waals surface area contributed by atoms with E-state index in [9.17, 15) is 8.42 Å². The SMILES string of the molecule is CCS(=O)(=O)c1cc(-c2ccc[nH]2)c(OC)cc1-c1ccccc1. The Bertz CT molecular complexity index is 930. The lowest BCUT2D eigenvalue weighted by molar-refractivity contribution is 0.416. The number of H-pyrrole nitrogens is 1. The molecular weight excluding hydrogens is 322 g/mol. The highest BCUT2D eigenvalue weighted by molar-refractivity contribution is 7.91. The van der Waals surface area contributed by atoms with Crippen molar-refractivity contribution in [3.8, 4) is 28.1 Å². The zero-order valence-electron chi connectivity index (χ0n) is 13.6. The van der Waals surface area contributed by atoms with Gasteiger partial charge in [0.05, 0.1) is 17.8 Å². The van der Waals surface area contributed by atoms with E-state index in [2.05, 4.69) is 4.98 Å². The Kier molecular flexibility index (Phi) is 4.44. The lowest BCUT2D eigenvalue weighted by Gasteiger charge is -2.15. The van der Waals surface area contributed by atoms with Gasteiger partial charge in [0, 0.05) is 23.0 Å². The molecule has 1 N–H and O–H groups in total. The Hall–Kier alpha value is -2.53. The third-order valence-corrected chi connectivity index (χ3v) is 5.76. The summed E-state index contributed by atoms with van der Waals surface area (Å²) in [5.74, 6) is 0.676. The molecule has 2 aromatic carbocycles. The molecule has 0 aliphatic rings. The highest BCUT2D eigenvalue weighted by atomic mass is 32.2.